The van der Waals surface area contributed by atoms with Crippen LogP contribution in [0.5, 0.6) is 0 Å². The third kappa shape index (κ3) is 11.7. The fourth-order valence-electron chi connectivity index (χ4n) is 5.35. The third-order valence-electron chi connectivity index (χ3n) is 7.11. The molecule has 1 aromatic carbocycles. The maximum absolute atomic E-state index is 14.6. The summed E-state index contributed by atoms with van der Waals surface area (Å²) >= 11 is 0. The van der Waals surface area contributed by atoms with Gasteiger partial charge in [-0.2, -0.15) is 0 Å². The summed E-state index contributed by atoms with van der Waals surface area (Å²) in [5.74, 6) is 1.02. The molecule has 0 unspecified atom stereocenters. The Morgan fingerprint density at radius 3 is 1.50 bits per heavy atom. The molecule has 0 fully saturated rings. The Bertz CT molecular complexity index is 602. The molecule has 0 spiro atoms. The van der Waals surface area contributed by atoms with E-state index in [0.29, 0.717) is 17.5 Å². The first kappa shape index (κ1) is 31.2. The molecule has 0 N–H and O–H groups in total. The first-order valence-electron chi connectivity index (χ1n) is 14.7. The van der Waals surface area contributed by atoms with Gasteiger partial charge in [-0.25, -0.2) is 0 Å². The van der Waals surface area contributed by atoms with Crippen LogP contribution in [-0.4, -0.2) is 36.0 Å². The Hall–Kier alpha value is -0.880. The average Bonchev–Trinajstić information content (AvgIpc) is 2.81. The minimum atomic E-state index is -2.32. The van der Waals surface area contributed by atoms with Gasteiger partial charge in [-0.05, 0) is 0 Å². The summed E-state index contributed by atoms with van der Waals surface area (Å²) in [5, 5.41) is 1.39. The number of carbonyl (C=O) groups is 1. The molecule has 1 amide bonds. The molecule has 1 rings (SSSR count). The van der Waals surface area contributed by atoms with Gasteiger partial charge < -0.3 is 0 Å². The Morgan fingerprint density at radius 1 is 0.676 bits per heavy atom. The summed E-state index contributed by atoms with van der Waals surface area (Å²) in [6.45, 7) is 15.4. The number of rotatable bonds is 20. The molecule has 34 heavy (non-hydrogen) atoms. The first-order chi connectivity index (χ1) is 16.4. The van der Waals surface area contributed by atoms with Crippen molar-refractivity contribution in [1.29, 1.82) is 0 Å². The molecule has 0 saturated heterocycles. The van der Waals surface area contributed by atoms with Gasteiger partial charge in [0.25, 0.3) is 0 Å². The van der Waals surface area contributed by atoms with Gasteiger partial charge in [0.05, 0.1) is 0 Å². The van der Waals surface area contributed by atoms with Gasteiger partial charge in [-0.3, -0.25) is 0 Å². The fraction of sp³-hybridized carbons (Fsp3) is 0.774. The van der Waals surface area contributed by atoms with Crippen LogP contribution in [0, 0.1) is 11.8 Å². The summed E-state index contributed by atoms with van der Waals surface area (Å²) in [7, 11) is -2.32. The molecule has 198 valence electrons. The number of unbranched alkanes of at least 4 members (excludes halogenated alkanes) is 10. The van der Waals surface area contributed by atoms with Crippen LogP contribution in [0.2, 0.25) is 0 Å². The van der Waals surface area contributed by atoms with Gasteiger partial charge in [0.1, 0.15) is 0 Å². The van der Waals surface area contributed by atoms with Crippen molar-refractivity contribution in [3.63, 3.8) is 0 Å². The summed E-state index contributed by atoms with van der Waals surface area (Å²) < 4.78 is 0. The monoisotopic (exact) mass is 491 g/mol. The predicted octanol–water partition coefficient (Wildman–Crippen LogP) is 9.52. The van der Waals surface area contributed by atoms with Crippen LogP contribution < -0.4 is 5.30 Å². The normalized spacial score (nSPS) is 12.5. The predicted molar refractivity (Wildman–Crippen MR) is 158 cm³/mol. The second-order valence-corrected chi connectivity index (χ2v) is 15.7. The summed E-state index contributed by atoms with van der Waals surface area (Å²) in [6, 6.07) is 11.0. The van der Waals surface area contributed by atoms with Crippen molar-refractivity contribution in [3.8, 4) is 0 Å². The van der Waals surface area contributed by atoms with Crippen molar-refractivity contribution in [2.75, 3.05) is 25.4 Å². The molecule has 1 aromatic rings. The van der Waals surface area contributed by atoms with E-state index in [0.717, 1.165) is 25.4 Å². The molecule has 0 bridgehead atoms. The molecule has 0 atom stereocenters. The number of nitrogens with zero attached hydrogens (tertiary/aromatic N) is 1. The van der Waals surface area contributed by atoms with E-state index in [1.807, 2.05) is 0 Å². The SMILES string of the molecule is CCCCCCCC[PH](CCCCCCCC)(C(=O)N(CC(C)C)CC(C)C)c1ccccc1. The van der Waals surface area contributed by atoms with Crippen LogP contribution in [0.3, 0.4) is 0 Å². The summed E-state index contributed by atoms with van der Waals surface area (Å²) in [5.41, 5.74) is 0.531. The maximum atomic E-state index is 14.6. The van der Waals surface area contributed by atoms with E-state index in [4.69, 9.17) is 0 Å². The van der Waals surface area contributed by atoms with Crippen molar-refractivity contribution in [2.45, 2.75) is 119 Å². The molecule has 0 aliphatic carbocycles. The zero-order valence-electron chi connectivity index (χ0n) is 23.7. The van der Waals surface area contributed by atoms with Crippen LogP contribution in [0.25, 0.3) is 0 Å². The fourth-order valence-corrected chi connectivity index (χ4v) is 10.2. The van der Waals surface area contributed by atoms with Crippen LogP contribution in [0.4, 0.5) is 4.79 Å². The van der Waals surface area contributed by atoms with Crippen molar-refractivity contribution < 1.29 is 4.79 Å². The molecule has 0 heterocycles. The summed E-state index contributed by atoms with van der Waals surface area (Å²) in [6.07, 6.45) is 17.8. The topological polar surface area (TPSA) is 20.3 Å². The molecule has 0 aromatic heterocycles. The molecule has 3 heteroatoms. The number of amides is 1. The zero-order valence-corrected chi connectivity index (χ0v) is 24.7. The number of benzene rings is 1. The molecule has 0 aliphatic heterocycles. The van der Waals surface area contributed by atoms with Gasteiger partial charge in [0, 0.05) is 0 Å². The van der Waals surface area contributed by atoms with Crippen molar-refractivity contribution in [2.24, 2.45) is 11.8 Å². The van der Waals surface area contributed by atoms with Crippen LogP contribution in [0.1, 0.15) is 119 Å². The van der Waals surface area contributed by atoms with Crippen LogP contribution >= 0.6 is 7.26 Å². The molecule has 0 radical (unpaired) electrons. The zero-order chi connectivity index (χ0) is 25.2. The average molecular weight is 492 g/mol. The molecule has 2 nitrogen and oxygen atoms in total. The second kappa shape index (κ2) is 18.4. The number of hydrogen-bond acceptors (Lipinski definition) is 1. The Balaban J connectivity index is 3.18. The first-order valence-corrected chi connectivity index (χ1v) is 17.1. The van der Waals surface area contributed by atoms with Crippen molar-refractivity contribution >= 4 is 18.2 Å². The molecule has 0 saturated carbocycles. The van der Waals surface area contributed by atoms with E-state index in [9.17, 15) is 4.79 Å². The quantitative estimate of drug-likeness (QED) is 0.131. The van der Waals surface area contributed by atoms with Crippen LogP contribution in [-0.2, 0) is 0 Å². The number of carbonyl (C=O) groups excluding carboxylic acids is 1. The van der Waals surface area contributed by atoms with Gasteiger partial charge in [0.15, 0.2) is 0 Å². The Labute approximate surface area is 214 Å². The van der Waals surface area contributed by atoms with Gasteiger partial charge in [-0.1, -0.05) is 0 Å². The Kier molecular flexibility index (Phi) is 16.9. The molecular formula is C31H58NOP. The number of hydrogen-bond donors (Lipinski definition) is 0. The van der Waals surface area contributed by atoms with Crippen LogP contribution in [0.15, 0.2) is 30.3 Å². The molecule has 0 aliphatic rings. The van der Waals surface area contributed by atoms with E-state index in [1.165, 1.54) is 82.4 Å². The Morgan fingerprint density at radius 2 is 1.09 bits per heavy atom. The minimum absolute atomic E-state index is 0.508. The van der Waals surface area contributed by atoms with Crippen molar-refractivity contribution in [1.82, 2.24) is 4.90 Å². The third-order valence-corrected chi connectivity index (χ3v) is 12.1. The molecular weight excluding hydrogens is 433 g/mol. The van der Waals surface area contributed by atoms with E-state index in [2.05, 4.69) is 76.8 Å². The van der Waals surface area contributed by atoms with E-state index in [-0.39, 0.29) is 0 Å². The van der Waals surface area contributed by atoms with E-state index >= 15 is 0 Å². The van der Waals surface area contributed by atoms with E-state index < -0.39 is 7.26 Å². The summed E-state index contributed by atoms with van der Waals surface area (Å²) in [4.78, 5) is 16.8. The van der Waals surface area contributed by atoms with Crippen molar-refractivity contribution in [3.05, 3.63) is 30.3 Å². The standard InChI is InChI=1S/C31H58NOP/c1-7-9-11-13-15-20-24-34(30-22-18-17-19-23-30,25-21-16-14-12-10-8-2)31(33)32(26-28(3)4)27-29(5)6/h17-19,22-23,28-29,34H,7-16,20-21,24-27H2,1-6H3. The van der Waals surface area contributed by atoms with Gasteiger partial charge in [-0.15, -0.1) is 0 Å². The second-order valence-electron chi connectivity index (χ2n) is 11.5. The van der Waals surface area contributed by atoms with Gasteiger partial charge >= 0.3 is 214 Å². The van der Waals surface area contributed by atoms with E-state index in [1.54, 1.807) is 0 Å². The van der Waals surface area contributed by atoms with Gasteiger partial charge in [0.2, 0.25) is 0 Å².